The van der Waals surface area contributed by atoms with Crippen LogP contribution in [0.15, 0.2) is 0 Å². The molecule has 0 unspecified atom stereocenters. The van der Waals surface area contributed by atoms with Gasteiger partial charge in [0.05, 0.1) is 0 Å². The molecule has 0 rings (SSSR count). The Morgan fingerprint density at radius 3 is 1.44 bits per heavy atom. The molecular formula is C7H14NO. The predicted molar refractivity (Wildman–Crippen MR) is 37.8 cm³/mol. The minimum absolute atomic E-state index is 0.266. The van der Waals surface area contributed by atoms with Crippen LogP contribution in [0.25, 0.3) is 0 Å². The van der Waals surface area contributed by atoms with Gasteiger partial charge in [-0.3, -0.25) is 4.79 Å². The molecule has 2 heteroatoms. The Kier molecular flexibility index (Phi) is 3.28. The van der Waals surface area contributed by atoms with Crippen LogP contribution in [0.3, 0.4) is 0 Å². The Balaban J connectivity index is 3.82. The molecule has 2 nitrogen and oxygen atoms in total. The minimum atomic E-state index is 0.266. The summed E-state index contributed by atoms with van der Waals surface area (Å²) >= 11 is 0. The van der Waals surface area contributed by atoms with Crippen LogP contribution in [-0.2, 0) is 4.79 Å². The van der Waals surface area contributed by atoms with E-state index >= 15 is 0 Å². The molecule has 0 aromatic carbocycles. The fraction of sp³-hybridized carbons (Fsp3) is 0.857. The van der Waals surface area contributed by atoms with Gasteiger partial charge in [-0.15, -0.1) is 0 Å². The zero-order chi connectivity index (χ0) is 7.44. The monoisotopic (exact) mass is 128 g/mol. The summed E-state index contributed by atoms with van der Waals surface area (Å²) in [4.78, 5) is 11.8. The first kappa shape index (κ1) is 8.47. The van der Waals surface area contributed by atoms with E-state index in [1.165, 1.54) is 0 Å². The summed E-state index contributed by atoms with van der Waals surface area (Å²) in [5.41, 5.74) is 0. The highest BCUT2D eigenvalue weighted by molar-refractivity contribution is 5.49. The number of hydrogen-bond acceptors (Lipinski definition) is 1. The fourth-order valence-corrected chi connectivity index (χ4v) is 0.807. The molecule has 0 N–H and O–H groups in total. The molecule has 0 atom stereocenters. The first-order valence-corrected chi connectivity index (χ1v) is 3.25. The van der Waals surface area contributed by atoms with Gasteiger partial charge in [0.1, 0.15) is 0 Å². The lowest BCUT2D eigenvalue weighted by Gasteiger charge is -2.24. The second kappa shape index (κ2) is 3.49. The van der Waals surface area contributed by atoms with Gasteiger partial charge in [-0.1, -0.05) is 0 Å². The lowest BCUT2D eigenvalue weighted by molar-refractivity contribution is 0.275. The van der Waals surface area contributed by atoms with Crippen molar-refractivity contribution < 1.29 is 4.79 Å². The van der Waals surface area contributed by atoms with E-state index < -0.39 is 0 Å². The Morgan fingerprint density at radius 2 is 1.44 bits per heavy atom. The molecule has 0 bridgehead atoms. The summed E-state index contributed by atoms with van der Waals surface area (Å²) in [6, 6.07) is 0.532. The van der Waals surface area contributed by atoms with E-state index in [1.54, 1.807) is 4.90 Å². The van der Waals surface area contributed by atoms with Crippen LogP contribution < -0.4 is 0 Å². The maximum Gasteiger partial charge on any atom is 0.312 e. The molecule has 0 spiro atoms. The summed E-state index contributed by atoms with van der Waals surface area (Å²) in [5.74, 6) is 0. The zero-order valence-corrected chi connectivity index (χ0v) is 6.51. The van der Waals surface area contributed by atoms with Gasteiger partial charge in [-0.25, -0.2) is 0 Å². The molecule has 0 aliphatic rings. The van der Waals surface area contributed by atoms with Crippen molar-refractivity contribution in [3.63, 3.8) is 0 Å². The molecule has 0 aromatic heterocycles. The van der Waals surface area contributed by atoms with Gasteiger partial charge in [0, 0.05) is 12.1 Å². The number of nitrogens with zero attached hydrogens (tertiary/aromatic N) is 1. The van der Waals surface area contributed by atoms with Crippen LogP contribution in [0.5, 0.6) is 0 Å². The first-order valence-electron chi connectivity index (χ1n) is 3.25. The SMILES string of the molecule is CC(C)N([C]=O)C(C)C. The smallest absolute Gasteiger partial charge is 0.312 e. The third-order valence-electron chi connectivity index (χ3n) is 1.22. The molecule has 0 aliphatic heterocycles. The molecular weight excluding hydrogens is 114 g/mol. The molecule has 0 heterocycles. The van der Waals surface area contributed by atoms with E-state index in [1.807, 2.05) is 34.1 Å². The van der Waals surface area contributed by atoms with Gasteiger partial charge < -0.3 is 4.90 Å². The first-order chi connectivity index (χ1) is 4.09. The lowest BCUT2D eigenvalue weighted by atomic mass is 10.2. The number of carbonyl (C=O) groups excluding carboxylic acids is 1. The summed E-state index contributed by atoms with van der Waals surface area (Å²) < 4.78 is 0. The van der Waals surface area contributed by atoms with Gasteiger partial charge in [-0.05, 0) is 27.7 Å². The van der Waals surface area contributed by atoms with Crippen molar-refractivity contribution in [2.45, 2.75) is 39.8 Å². The average Bonchev–Trinajstić information content (AvgIpc) is 1.64. The van der Waals surface area contributed by atoms with E-state index in [0.29, 0.717) is 0 Å². The molecule has 9 heavy (non-hydrogen) atoms. The fourth-order valence-electron chi connectivity index (χ4n) is 0.807. The van der Waals surface area contributed by atoms with Crippen LogP contribution >= 0.6 is 0 Å². The van der Waals surface area contributed by atoms with Crippen molar-refractivity contribution in [3.05, 3.63) is 0 Å². The molecule has 1 radical (unpaired) electrons. The number of rotatable bonds is 3. The van der Waals surface area contributed by atoms with E-state index in [2.05, 4.69) is 0 Å². The second-order valence-corrected chi connectivity index (χ2v) is 2.69. The second-order valence-electron chi connectivity index (χ2n) is 2.69. The Hall–Kier alpha value is -0.530. The van der Waals surface area contributed by atoms with Gasteiger partial charge in [0.2, 0.25) is 0 Å². The zero-order valence-electron chi connectivity index (χ0n) is 6.51. The molecule has 0 saturated carbocycles. The third kappa shape index (κ3) is 2.49. The van der Waals surface area contributed by atoms with Crippen molar-refractivity contribution in [2.24, 2.45) is 0 Å². The minimum Gasteiger partial charge on any atom is -0.330 e. The quantitative estimate of drug-likeness (QED) is 0.522. The Morgan fingerprint density at radius 1 is 1.11 bits per heavy atom. The van der Waals surface area contributed by atoms with Gasteiger partial charge in [0.25, 0.3) is 0 Å². The largest absolute Gasteiger partial charge is 0.330 e. The van der Waals surface area contributed by atoms with Crippen molar-refractivity contribution >= 4 is 6.41 Å². The third-order valence-corrected chi connectivity index (χ3v) is 1.22. The van der Waals surface area contributed by atoms with Crippen LogP contribution in [0.4, 0.5) is 0 Å². The lowest BCUT2D eigenvalue weighted by Crippen LogP contribution is -2.35. The predicted octanol–water partition coefficient (Wildman–Crippen LogP) is 1.17. The highest BCUT2D eigenvalue weighted by atomic mass is 16.1. The van der Waals surface area contributed by atoms with E-state index in [9.17, 15) is 4.79 Å². The number of amides is 1. The van der Waals surface area contributed by atoms with Crippen molar-refractivity contribution in [1.82, 2.24) is 4.90 Å². The van der Waals surface area contributed by atoms with Gasteiger partial charge in [-0.2, -0.15) is 0 Å². The van der Waals surface area contributed by atoms with Crippen molar-refractivity contribution in [2.75, 3.05) is 0 Å². The normalized spacial score (nSPS) is 10.4. The highest BCUT2D eigenvalue weighted by Gasteiger charge is 2.09. The Bertz CT molecular complexity index is 80.9. The molecule has 0 saturated heterocycles. The standard InChI is InChI=1S/C7H14NO/c1-6(2)8(5-9)7(3)4/h6-7H,1-4H3. The van der Waals surface area contributed by atoms with Gasteiger partial charge >= 0.3 is 6.41 Å². The van der Waals surface area contributed by atoms with Crippen LogP contribution in [0.2, 0.25) is 0 Å². The molecule has 0 fully saturated rings. The maximum atomic E-state index is 10.2. The van der Waals surface area contributed by atoms with Gasteiger partial charge in [0.15, 0.2) is 0 Å². The topological polar surface area (TPSA) is 20.3 Å². The average molecular weight is 128 g/mol. The van der Waals surface area contributed by atoms with E-state index in [0.717, 1.165) is 0 Å². The molecule has 53 valence electrons. The number of hydrogen-bond donors (Lipinski definition) is 0. The summed E-state index contributed by atoms with van der Waals surface area (Å²) in [5, 5.41) is 0. The van der Waals surface area contributed by atoms with E-state index in [-0.39, 0.29) is 12.1 Å². The summed E-state index contributed by atoms with van der Waals surface area (Å²) in [7, 11) is 0. The molecule has 1 amide bonds. The summed E-state index contributed by atoms with van der Waals surface area (Å²) in [6.07, 6.45) is 1.88. The van der Waals surface area contributed by atoms with Crippen molar-refractivity contribution in [1.29, 1.82) is 0 Å². The summed E-state index contributed by atoms with van der Waals surface area (Å²) in [6.45, 7) is 7.91. The van der Waals surface area contributed by atoms with E-state index in [4.69, 9.17) is 0 Å². The van der Waals surface area contributed by atoms with Crippen LogP contribution in [0, 0.1) is 0 Å². The van der Waals surface area contributed by atoms with Crippen LogP contribution in [0.1, 0.15) is 27.7 Å². The Labute approximate surface area is 56.9 Å². The van der Waals surface area contributed by atoms with Crippen molar-refractivity contribution in [3.8, 4) is 0 Å². The van der Waals surface area contributed by atoms with Crippen LogP contribution in [-0.4, -0.2) is 23.4 Å². The molecule has 0 aromatic rings. The highest BCUT2D eigenvalue weighted by Crippen LogP contribution is 1.99. The maximum absolute atomic E-state index is 10.2. The molecule has 0 aliphatic carbocycles.